The minimum absolute atomic E-state index is 0.829. The van der Waals surface area contributed by atoms with E-state index in [9.17, 15) is 0 Å². The first-order valence-electron chi connectivity index (χ1n) is 8.32. The highest BCUT2D eigenvalue weighted by Gasteiger charge is 2.30. The number of methoxy groups -OCH3 is 1. The van der Waals surface area contributed by atoms with Crippen LogP contribution in [-0.4, -0.2) is 51.3 Å². The summed E-state index contributed by atoms with van der Waals surface area (Å²) in [6, 6.07) is 0. The van der Waals surface area contributed by atoms with Gasteiger partial charge in [0.1, 0.15) is 0 Å². The van der Waals surface area contributed by atoms with Gasteiger partial charge in [0, 0.05) is 20.2 Å². The summed E-state index contributed by atoms with van der Waals surface area (Å²) in [5.41, 5.74) is 0. The maximum absolute atomic E-state index is 5.02. The Morgan fingerprint density at radius 1 is 1.05 bits per heavy atom. The summed E-state index contributed by atoms with van der Waals surface area (Å²) < 4.78 is 5.02. The Balaban J connectivity index is 1.50. The average molecular weight is 268 g/mol. The summed E-state index contributed by atoms with van der Waals surface area (Å²) in [5, 5.41) is 3.43. The Morgan fingerprint density at radius 2 is 1.89 bits per heavy atom. The van der Waals surface area contributed by atoms with E-state index >= 15 is 0 Å². The highest BCUT2D eigenvalue weighted by molar-refractivity contribution is 4.83. The molecule has 1 heterocycles. The number of nitrogens with zero attached hydrogens (tertiary/aromatic N) is 1. The maximum Gasteiger partial charge on any atom is 0.0587 e. The molecule has 1 saturated heterocycles. The molecule has 1 N–H and O–H groups in total. The normalized spacial score (nSPS) is 28.3. The molecule has 2 rings (SSSR count). The van der Waals surface area contributed by atoms with Crippen LogP contribution in [0.15, 0.2) is 0 Å². The van der Waals surface area contributed by atoms with Crippen molar-refractivity contribution in [1.29, 1.82) is 0 Å². The van der Waals surface area contributed by atoms with Gasteiger partial charge in [-0.3, -0.25) is 0 Å². The maximum atomic E-state index is 5.02. The van der Waals surface area contributed by atoms with Crippen LogP contribution in [0.3, 0.4) is 0 Å². The van der Waals surface area contributed by atoms with Gasteiger partial charge in [-0.1, -0.05) is 19.3 Å². The lowest BCUT2D eigenvalue weighted by Gasteiger charge is -2.41. The predicted octanol–water partition coefficient (Wildman–Crippen LogP) is 2.51. The third-order valence-corrected chi connectivity index (χ3v) is 4.94. The van der Waals surface area contributed by atoms with Gasteiger partial charge < -0.3 is 15.0 Å². The van der Waals surface area contributed by atoms with Gasteiger partial charge in [0.2, 0.25) is 0 Å². The number of rotatable bonds is 8. The van der Waals surface area contributed by atoms with E-state index in [-0.39, 0.29) is 0 Å². The highest BCUT2D eigenvalue weighted by Crippen LogP contribution is 2.35. The Morgan fingerprint density at radius 3 is 2.74 bits per heavy atom. The zero-order valence-electron chi connectivity index (χ0n) is 12.7. The lowest BCUT2D eigenvalue weighted by molar-refractivity contribution is 0.0857. The summed E-state index contributed by atoms with van der Waals surface area (Å²) >= 11 is 0. The van der Waals surface area contributed by atoms with Gasteiger partial charge in [0.15, 0.2) is 0 Å². The fourth-order valence-electron chi connectivity index (χ4n) is 3.76. The minimum atomic E-state index is 0.829. The van der Waals surface area contributed by atoms with Crippen LogP contribution in [0.4, 0.5) is 0 Å². The van der Waals surface area contributed by atoms with E-state index in [1.807, 2.05) is 0 Å². The summed E-state index contributed by atoms with van der Waals surface area (Å²) in [6.45, 7) is 7.03. The zero-order chi connectivity index (χ0) is 13.3. The molecule has 19 heavy (non-hydrogen) atoms. The van der Waals surface area contributed by atoms with Gasteiger partial charge in [-0.05, 0) is 57.2 Å². The Labute approximate surface area is 119 Å². The number of hydrogen-bond acceptors (Lipinski definition) is 3. The largest absolute Gasteiger partial charge is 0.383 e. The monoisotopic (exact) mass is 268 g/mol. The second-order valence-electron chi connectivity index (χ2n) is 6.34. The quantitative estimate of drug-likeness (QED) is 0.685. The van der Waals surface area contributed by atoms with Gasteiger partial charge in [-0.15, -0.1) is 0 Å². The fraction of sp³-hybridized carbons (Fsp3) is 1.00. The second kappa shape index (κ2) is 8.93. The lowest BCUT2D eigenvalue weighted by atomic mass is 9.75. The topological polar surface area (TPSA) is 24.5 Å². The van der Waals surface area contributed by atoms with Crippen molar-refractivity contribution in [3.63, 3.8) is 0 Å². The van der Waals surface area contributed by atoms with Crippen LogP contribution in [-0.2, 0) is 4.74 Å². The smallest absolute Gasteiger partial charge is 0.0587 e. The van der Waals surface area contributed by atoms with E-state index in [4.69, 9.17) is 4.74 Å². The van der Waals surface area contributed by atoms with Crippen LogP contribution in [0.1, 0.15) is 44.9 Å². The van der Waals surface area contributed by atoms with E-state index in [0.29, 0.717) is 0 Å². The minimum Gasteiger partial charge on any atom is -0.383 e. The molecule has 2 aliphatic rings. The molecular weight excluding hydrogens is 236 g/mol. The summed E-state index contributed by atoms with van der Waals surface area (Å²) in [7, 11) is 1.76. The third-order valence-electron chi connectivity index (χ3n) is 4.94. The van der Waals surface area contributed by atoms with Crippen molar-refractivity contribution in [1.82, 2.24) is 10.2 Å². The predicted molar refractivity (Wildman–Crippen MR) is 80.5 cm³/mol. The molecule has 1 aliphatic carbocycles. The number of ether oxygens (including phenoxy) is 1. The van der Waals surface area contributed by atoms with Gasteiger partial charge in [0.25, 0.3) is 0 Å². The van der Waals surface area contributed by atoms with Gasteiger partial charge in [-0.2, -0.15) is 0 Å². The molecule has 2 atom stereocenters. The number of fused-ring (bicyclic) bond motifs is 1. The molecule has 0 aromatic carbocycles. The molecule has 0 radical (unpaired) electrons. The molecule has 2 fully saturated rings. The van der Waals surface area contributed by atoms with Crippen molar-refractivity contribution in [2.24, 2.45) is 11.8 Å². The SMILES string of the molecule is COCCNCCCCN1CCC2CCCCC2C1. The van der Waals surface area contributed by atoms with Crippen molar-refractivity contribution in [3.8, 4) is 0 Å². The summed E-state index contributed by atoms with van der Waals surface area (Å²) in [4.78, 5) is 2.72. The first-order chi connectivity index (χ1) is 9.40. The Hall–Kier alpha value is -0.120. The Kier molecular flexibility index (Phi) is 7.18. The summed E-state index contributed by atoms with van der Waals surface area (Å²) in [6.07, 6.45) is 10.1. The first kappa shape index (κ1) is 15.3. The van der Waals surface area contributed by atoms with Crippen LogP contribution >= 0.6 is 0 Å². The molecule has 0 amide bonds. The molecule has 112 valence electrons. The highest BCUT2D eigenvalue weighted by atomic mass is 16.5. The number of nitrogens with one attached hydrogen (secondary N) is 1. The fourth-order valence-corrected chi connectivity index (χ4v) is 3.76. The van der Waals surface area contributed by atoms with Crippen molar-refractivity contribution in [2.45, 2.75) is 44.9 Å². The third kappa shape index (κ3) is 5.41. The summed E-state index contributed by atoms with van der Waals surface area (Å²) in [5.74, 6) is 2.10. The van der Waals surface area contributed by atoms with Crippen LogP contribution < -0.4 is 5.32 Å². The molecule has 3 nitrogen and oxygen atoms in total. The standard InChI is InChI=1S/C16H32N2O/c1-19-13-10-17-9-4-5-11-18-12-8-15-6-2-3-7-16(15)14-18/h15-17H,2-14H2,1H3. The van der Waals surface area contributed by atoms with Crippen LogP contribution in [0.5, 0.6) is 0 Å². The van der Waals surface area contributed by atoms with E-state index in [0.717, 1.165) is 31.5 Å². The first-order valence-corrected chi connectivity index (χ1v) is 8.32. The lowest BCUT2D eigenvalue weighted by Crippen LogP contribution is -2.42. The van der Waals surface area contributed by atoms with Crippen LogP contribution in [0.25, 0.3) is 0 Å². The average Bonchev–Trinajstić information content (AvgIpc) is 2.46. The number of hydrogen-bond donors (Lipinski definition) is 1. The molecule has 1 aliphatic heterocycles. The molecule has 2 unspecified atom stereocenters. The molecule has 1 saturated carbocycles. The zero-order valence-corrected chi connectivity index (χ0v) is 12.7. The molecule has 0 aromatic rings. The molecular formula is C16H32N2O. The van der Waals surface area contributed by atoms with Gasteiger partial charge >= 0.3 is 0 Å². The molecule has 0 spiro atoms. The van der Waals surface area contributed by atoms with E-state index in [1.165, 1.54) is 64.6 Å². The van der Waals surface area contributed by atoms with Gasteiger partial charge in [-0.25, -0.2) is 0 Å². The van der Waals surface area contributed by atoms with Crippen molar-refractivity contribution >= 4 is 0 Å². The van der Waals surface area contributed by atoms with Crippen LogP contribution in [0.2, 0.25) is 0 Å². The van der Waals surface area contributed by atoms with Crippen molar-refractivity contribution in [3.05, 3.63) is 0 Å². The number of unbranched alkanes of at least 4 members (excludes halogenated alkanes) is 1. The number of likely N-dealkylation sites (tertiary alicyclic amines) is 1. The second-order valence-corrected chi connectivity index (χ2v) is 6.34. The molecule has 0 bridgehead atoms. The van der Waals surface area contributed by atoms with E-state index in [2.05, 4.69) is 10.2 Å². The molecule has 3 heteroatoms. The number of piperidine rings is 1. The van der Waals surface area contributed by atoms with E-state index in [1.54, 1.807) is 7.11 Å². The molecule has 0 aromatic heterocycles. The van der Waals surface area contributed by atoms with E-state index < -0.39 is 0 Å². The Bertz CT molecular complexity index is 235. The van der Waals surface area contributed by atoms with Crippen molar-refractivity contribution in [2.75, 3.05) is 46.4 Å². The van der Waals surface area contributed by atoms with Crippen LogP contribution in [0, 0.1) is 11.8 Å². The van der Waals surface area contributed by atoms with Crippen molar-refractivity contribution < 1.29 is 4.74 Å². The van der Waals surface area contributed by atoms with Gasteiger partial charge in [0.05, 0.1) is 6.61 Å².